The molecule has 0 atom stereocenters. The van der Waals surface area contributed by atoms with Gasteiger partial charge in [-0.1, -0.05) is 47.7 Å². The van der Waals surface area contributed by atoms with E-state index in [-0.39, 0.29) is 11.5 Å². The Morgan fingerprint density at radius 1 is 1.00 bits per heavy atom. The number of hydrogen-bond acceptors (Lipinski definition) is 5. The molecule has 0 radical (unpaired) electrons. The smallest absolute Gasteiger partial charge is 0.272 e. The first-order valence-electron chi connectivity index (χ1n) is 8.61. The first-order valence-corrected chi connectivity index (χ1v) is 9.42. The van der Waals surface area contributed by atoms with Crippen LogP contribution in [0.25, 0.3) is 5.57 Å². The zero-order valence-corrected chi connectivity index (χ0v) is 15.4. The highest BCUT2D eigenvalue weighted by Gasteiger charge is 2.31. The lowest BCUT2D eigenvalue weighted by molar-refractivity contribution is -0.112. The van der Waals surface area contributed by atoms with Crippen molar-refractivity contribution >= 4 is 34.2 Å². The second-order valence-corrected chi connectivity index (χ2v) is 7.50. The lowest BCUT2D eigenvalue weighted by Gasteiger charge is -2.25. The Kier molecular flexibility index (Phi) is 3.51. The van der Waals surface area contributed by atoms with Crippen LogP contribution in [0.15, 0.2) is 64.4 Å². The highest BCUT2D eigenvalue weighted by atomic mass is 32.1. The normalized spacial score (nSPS) is 17.6. The van der Waals surface area contributed by atoms with Gasteiger partial charge in [0, 0.05) is 18.3 Å². The van der Waals surface area contributed by atoms with Crippen LogP contribution < -0.4 is 24.7 Å². The number of rotatable bonds is 1. The molecule has 2 aromatic carbocycles. The van der Waals surface area contributed by atoms with Crippen molar-refractivity contribution in [3.05, 3.63) is 79.8 Å². The van der Waals surface area contributed by atoms with Gasteiger partial charge in [0.1, 0.15) is 17.9 Å². The monoisotopic (exact) mass is 376 g/mol. The fraction of sp³-hybridized carbons (Fsp3) is 0.150. The van der Waals surface area contributed by atoms with E-state index in [2.05, 4.69) is 4.99 Å². The zero-order chi connectivity index (χ0) is 18.5. The minimum absolute atomic E-state index is 0.146. The summed E-state index contributed by atoms with van der Waals surface area (Å²) in [6.07, 6.45) is 0. The molecule has 134 valence electrons. The van der Waals surface area contributed by atoms with Gasteiger partial charge in [-0.3, -0.25) is 14.2 Å². The van der Waals surface area contributed by atoms with E-state index in [0.717, 1.165) is 16.9 Å². The minimum Gasteiger partial charge on any atom is -0.334 e. The lowest BCUT2D eigenvalue weighted by atomic mass is 10.1. The number of likely N-dealkylation sites (N-methyl/N-ethyl adjacent to an activating group) is 1. The maximum absolute atomic E-state index is 13.1. The van der Waals surface area contributed by atoms with Crippen LogP contribution in [-0.4, -0.2) is 24.2 Å². The van der Waals surface area contributed by atoms with Gasteiger partial charge in [0.15, 0.2) is 4.80 Å². The maximum Gasteiger partial charge on any atom is 0.272 e. The molecule has 0 saturated carbocycles. The highest BCUT2D eigenvalue weighted by molar-refractivity contribution is 7.07. The molecule has 2 aliphatic rings. The van der Waals surface area contributed by atoms with Crippen molar-refractivity contribution in [3.63, 3.8) is 0 Å². The molecule has 0 bridgehead atoms. The molecule has 0 aliphatic carbocycles. The van der Waals surface area contributed by atoms with Gasteiger partial charge in [-0.15, -0.1) is 0 Å². The number of fused-ring (bicyclic) bond motifs is 2. The third-order valence-electron chi connectivity index (χ3n) is 4.95. The molecular weight excluding hydrogens is 360 g/mol. The fourth-order valence-corrected chi connectivity index (χ4v) is 4.60. The number of nitrogens with zero attached hydrogens (tertiary/aromatic N) is 4. The third kappa shape index (κ3) is 2.35. The first-order chi connectivity index (χ1) is 13.1. The minimum atomic E-state index is -0.159. The molecule has 3 aromatic rings. The molecule has 0 fully saturated rings. The van der Waals surface area contributed by atoms with Gasteiger partial charge in [-0.2, -0.15) is 0 Å². The number of aromatic nitrogens is 1. The first kappa shape index (κ1) is 16.0. The fourth-order valence-electron chi connectivity index (χ4n) is 3.55. The standard InChI is InChI=1S/C20H16N4O2S/c1-22-15-10-6-5-9-14(15)16(18(22)25)17-19(26)24-12-23(11-21-20(24)27-17)13-7-3-2-4-8-13/h2-10H,11-12H2,1H3/b17-16-. The second kappa shape index (κ2) is 5.92. The van der Waals surface area contributed by atoms with Gasteiger partial charge in [-0.05, 0) is 18.2 Å². The average molecular weight is 376 g/mol. The summed E-state index contributed by atoms with van der Waals surface area (Å²) in [6, 6.07) is 17.5. The number of thiazole rings is 1. The summed E-state index contributed by atoms with van der Waals surface area (Å²) in [7, 11) is 1.74. The number of benzene rings is 2. The Morgan fingerprint density at radius 2 is 1.74 bits per heavy atom. The molecular formula is C20H16N4O2S. The number of para-hydroxylation sites is 2. The Hall–Kier alpha value is -3.19. The maximum atomic E-state index is 13.1. The largest absolute Gasteiger partial charge is 0.334 e. The summed E-state index contributed by atoms with van der Waals surface area (Å²) in [4.78, 5) is 34.8. The van der Waals surface area contributed by atoms with Gasteiger partial charge in [0.05, 0.1) is 11.3 Å². The van der Waals surface area contributed by atoms with Crippen molar-refractivity contribution in [1.29, 1.82) is 0 Å². The van der Waals surface area contributed by atoms with Gasteiger partial charge in [0.2, 0.25) is 0 Å². The molecule has 0 N–H and O–H groups in total. The van der Waals surface area contributed by atoms with Crippen molar-refractivity contribution in [2.45, 2.75) is 6.67 Å². The number of anilines is 2. The number of carbonyl (C=O) groups excluding carboxylic acids is 1. The van der Waals surface area contributed by atoms with Crippen molar-refractivity contribution in [3.8, 4) is 0 Å². The SMILES string of the molecule is CN1C(=O)/C(=c2\sc3n(c2=O)CN(c2ccccc2)CN=3)c2ccccc21. The van der Waals surface area contributed by atoms with Gasteiger partial charge in [-0.25, -0.2) is 4.99 Å². The van der Waals surface area contributed by atoms with E-state index in [1.165, 1.54) is 11.3 Å². The predicted octanol–water partition coefficient (Wildman–Crippen LogP) is 1.14. The molecule has 0 saturated heterocycles. The number of hydrogen-bond donors (Lipinski definition) is 0. The van der Waals surface area contributed by atoms with E-state index in [0.29, 0.717) is 28.2 Å². The molecule has 0 unspecified atom stereocenters. The second-order valence-electron chi connectivity index (χ2n) is 6.52. The summed E-state index contributed by atoms with van der Waals surface area (Å²) >= 11 is 1.30. The van der Waals surface area contributed by atoms with E-state index >= 15 is 0 Å². The van der Waals surface area contributed by atoms with Gasteiger partial charge >= 0.3 is 0 Å². The molecule has 27 heavy (non-hydrogen) atoms. The zero-order valence-electron chi connectivity index (χ0n) is 14.6. The lowest BCUT2D eigenvalue weighted by Crippen LogP contribution is -2.43. The van der Waals surface area contributed by atoms with Crippen molar-refractivity contribution < 1.29 is 4.79 Å². The molecule has 1 aromatic heterocycles. The predicted molar refractivity (Wildman–Crippen MR) is 106 cm³/mol. The van der Waals surface area contributed by atoms with Crippen molar-refractivity contribution in [1.82, 2.24) is 4.57 Å². The summed E-state index contributed by atoms with van der Waals surface area (Å²) in [6.45, 7) is 0.917. The van der Waals surface area contributed by atoms with Crippen LogP contribution >= 0.6 is 11.3 Å². The summed E-state index contributed by atoms with van der Waals surface area (Å²) < 4.78 is 2.11. The van der Waals surface area contributed by atoms with Crippen molar-refractivity contribution in [2.75, 3.05) is 23.5 Å². The average Bonchev–Trinajstić information content (AvgIpc) is 3.16. The Labute approximate surface area is 158 Å². The Morgan fingerprint density at radius 3 is 2.56 bits per heavy atom. The Balaban J connectivity index is 1.69. The quantitative estimate of drug-likeness (QED) is 0.640. The van der Waals surface area contributed by atoms with Crippen LogP contribution in [0.2, 0.25) is 0 Å². The van der Waals surface area contributed by atoms with Gasteiger partial charge in [0.25, 0.3) is 11.5 Å². The summed E-state index contributed by atoms with van der Waals surface area (Å²) in [5.41, 5.74) is 2.97. The van der Waals surface area contributed by atoms with Crippen LogP contribution in [0.4, 0.5) is 11.4 Å². The van der Waals surface area contributed by atoms with E-state index in [4.69, 9.17) is 0 Å². The molecule has 3 heterocycles. The van der Waals surface area contributed by atoms with Crippen LogP contribution in [-0.2, 0) is 11.5 Å². The van der Waals surface area contributed by atoms with E-state index in [1.54, 1.807) is 16.5 Å². The topological polar surface area (TPSA) is 57.9 Å². The summed E-state index contributed by atoms with van der Waals surface area (Å²) in [5.74, 6) is -0.146. The summed E-state index contributed by atoms with van der Waals surface area (Å²) in [5, 5.41) is 0. The highest BCUT2D eigenvalue weighted by Crippen LogP contribution is 2.33. The number of carbonyl (C=O) groups is 1. The molecule has 1 amide bonds. The van der Waals surface area contributed by atoms with E-state index < -0.39 is 0 Å². The Bertz CT molecular complexity index is 1240. The van der Waals surface area contributed by atoms with Crippen molar-refractivity contribution in [2.24, 2.45) is 4.99 Å². The molecule has 0 spiro atoms. The third-order valence-corrected chi connectivity index (χ3v) is 6.07. The molecule has 5 rings (SSSR count). The molecule has 2 aliphatic heterocycles. The van der Waals surface area contributed by atoms with Crippen LogP contribution in [0, 0.1) is 0 Å². The van der Waals surface area contributed by atoms with E-state index in [9.17, 15) is 9.59 Å². The van der Waals surface area contributed by atoms with Crippen LogP contribution in [0.3, 0.4) is 0 Å². The number of amides is 1. The van der Waals surface area contributed by atoms with Crippen LogP contribution in [0.5, 0.6) is 0 Å². The molecule has 7 heteroatoms. The molecule has 6 nitrogen and oxygen atoms in total. The van der Waals surface area contributed by atoms with E-state index in [1.807, 2.05) is 59.5 Å². The van der Waals surface area contributed by atoms with Gasteiger partial charge < -0.3 is 9.80 Å². The van der Waals surface area contributed by atoms with Crippen LogP contribution in [0.1, 0.15) is 5.56 Å².